The lowest BCUT2D eigenvalue weighted by atomic mass is 10.0. The van der Waals surface area contributed by atoms with Gasteiger partial charge in [0.25, 0.3) is 5.91 Å². The van der Waals surface area contributed by atoms with Crippen LogP contribution in [0.1, 0.15) is 25.5 Å². The van der Waals surface area contributed by atoms with Crippen LogP contribution in [0.3, 0.4) is 0 Å². The molecule has 1 N–H and O–H groups in total. The van der Waals surface area contributed by atoms with Crippen LogP contribution in [-0.4, -0.2) is 49.8 Å². The van der Waals surface area contributed by atoms with E-state index in [1.165, 1.54) is 6.42 Å². The van der Waals surface area contributed by atoms with Gasteiger partial charge in [-0.2, -0.15) is 4.98 Å². The number of amides is 1. The number of hydrogen-bond acceptors (Lipinski definition) is 7. The summed E-state index contributed by atoms with van der Waals surface area (Å²) in [5, 5.41) is 2.78. The van der Waals surface area contributed by atoms with E-state index in [2.05, 4.69) is 27.1 Å². The number of aromatic nitrogens is 2. The fraction of sp³-hybridized carbons (Fsp3) is 0.476. The zero-order valence-corrected chi connectivity index (χ0v) is 17.4. The Morgan fingerprint density at radius 3 is 2.55 bits per heavy atom. The number of hydrogen-bond donors (Lipinski definition) is 1. The Bertz CT molecular complexity index is 836. The maximum Gasteiger partial charge on any atom is 0.262 e. The Balaban J connectivity index is 1.63. The van der Waals surface area contributed by atoms with Crippen molar-refractivity contribution in [3.05, 3.63) is 30.0 Å². The van der Waals surface area contributed by atoms with Crippen LogP contribution in [0.25, 0.3) is 0 Å². The van der Waals surface area contributed by atoms with Crippen LogP contribution in [0.2, 0.25) is 0 Å². The molecule has 1 saturated heterocycles. The Kier molecular flexibility index (Phi) is 6.74. The fourth-order valence-corrected chi connectivity index (χ4v) is 3.33. The highest BCUT2D eigenvalue weighted by Crippen LogP contribution is 2.26. The molecule has 1 aromatic heterocycles. The summed E-state index contributed by atoms with van der Waals surface area (Å²) < 4.78 is 16.1. The van der Waals surface area contributed by atoms with Gasteiger partial charge in [0.15, 0.2) is 6.61 Å². The molecule has 0 radical (unpaired) electrons. The average Bonchev–Trinajstić information content (AvgIpc) is 2.71. The second-order valence-corrected chi connectivity index (χ2v) is 7.28. The predicted octanol–water partition coefficient (Wildman–Crippen LogP) is 3.06. The molecular weight excluding hydrogens is 372 g/mol. The Hall–Kier alpha value is -3.03. The van der Waals surface area contributed by atoms with E-state index in [1.807, 2.05) is 6.92 Å². The van der Waals surface area contributed by atoms with Crippen molar-refractivity contribution < 1.29 is 19.0 Å². The molecule has 8 nitrogen and oxygen atoms in total. The van der Waals surface area contributed by atoms with E-state index in [-0.39, 0.29) is 12.5 Å². The number of benzene rings is 1. The Morgan fingerprint density at radius 2 is 1.90 bits per heavy atom. The topological polar surface area (TPSA) is 85.8 Å². The molecular formula is C21H28N4O4. The molecule has 29 heavy (non-hydrogen) atoms. The van der Waals surface area contributed by atoms with Crippen LogP contribution in [0, 0.1) is 12.8 Å². The highest BCUT2D eigenvalue weighted by Gasteiger charge is 2.19. The van der Waals surface area contributed by atoms with Gasteiger partial charge in [0.1, 0.15) is 11.5 Å². The number of carbonyl (C=O) groups excluding carboxylic acids is 1. The molecule has 1 aromatic carbocycles. The first-order valence-corrected chi connectivity index (χ1v) is 9.73. The van der Waals surface area contributed by atoms with Crippen molar-refractivity contribution in [2.75, 3.05) is 44.1 Å². The number of anilines is 2. The van der Waals surface area contributed by atoms with E-state index >= 15 is 0 Å². The van der Waals surface area contributed by atoms with Crippen molar-refractivity contribution >= 4 is 17.5 Å². The lowest BCUT2D eigenvalue weighted by molar-refractivity contribution is -0.118. The summed E-state index contributed by atoms with van der Waals surface area (Å²) in [5.41, 5.74) is 1.37. The maximum atomic E-state index is 12.3. The zero-order valence-electron chi connectivity index (χ0n) is 17.4. The van der Waals surface area contributed by atoms with Crippen LogP contribution in [-0.2, 0) is 4.79 Å². The van der Waals surface area contributed by atoms with E-state index in [9.17, 15) is 4.79 Å². The van der Waals surface area contributed by atoms with Gasteiger partial charge < -0.3 is 24.4 Å². The Labute approximate surface area is 171 Å². The van der Waals surface area contributed by atoms with Crippen molar-refractivity contribution in [3.8, 4) is 17.4 Å². The average molecular weight is 400 g/mol. The van der Waals surface area contributed by atoms with Gasteiger partial charge in [-0.25, -0.2) is 4.98 Å². The van der Waals surface area contributed by atoms with Crippen molar-refractivity contribution in [2.45, 2.75) is 26.7 Å². The van der Waals surface area contributed by atoms with E-state index < -0.39 is 0 Å². The molecule has 8 heteroatoms. The molecule has 0 aliphatic carbocycles. The molecule has 0 unspecified atom stereocenters. The number of piperidine rings is 1. The van der Waals surface area contributed by atoms with Crippen molar-refractivity contribution in [2.24, 2.45) is 5.92 Å². The predicted molar refractivity (Wildman–Crippen MR) is 111 cm³/mol. The van der Waals surface area contributed by atoms with E-state index in [0.717, 1.165) is 25.2 Å². The molecule has 1 aliphatic heterocycles. The van der Waals surface area contributed by atoms with Gasteiger partial charge in [0, 0.05) is 48.7 Å². The lowest BCUT2D eigenvalue weighted by Gasteiger charge is -2.31. The normalized spacial score (nSPS) is 16.3. The summed E-state index contributed by atoms with van der Waals surface area (Å²) in [4.78, 5) is 23.5. The van der Waals surface area contributed by atoms with Crippen LogP contribution < -0.4 is 24.4 Å². The summed E-state index contributed by atoms with van der Waals surface area (Å²) >= 11 is 0. The summed E-state index contributed by atoms with van der Waals surface area (Å²) in [6, 6.07) is 6.90. The number of rotatable bonds is 7. The highest BCUT2D eigenvalue weighted by molar-refractivity contribution is 5.92. The molecule has 0 saturated carbocycles. The number of carbonyl (C=O) groups is 1. The minimum atomic E-state index is -0.301. The first-order chi connectivity index (χ1) is 14.0. The molecule has 1 amide bonds. The van der Waals surface area contributed by atoms with Gasteiger partial charge in [0.05, 0.1) is 14.2 Å². The van der Waals surface area contributed by atoms with Crippen LogP contribution in [0.5, 0.6) is 17.4 Å². The summed E-state index contributed by atoms with van der Waals surface area (Å²) in [6.07, 6.45) is 2.35. The molecule has 0 bridgehead atoms. The van der Waals surface area contributed by atoms with Gasteiger partial charge in [-0.3, -0.25) is 4.79 Å². The third-order valence-corrected chi connectivity index (χ3v) is 4.75. The van der Waals surface area contributed by atoms with Crippen molar-refractivity contribution in [3.63, 3.8) is 0 Å². The second kappa shape index (κ2) is 9.45. The highest BCUT2D eigenvalue weighted by atomic mass is 16.5. The largest absolute Gasteiger partial charge is 0.497 e. The quantitative estimate of drug-likeness (QED) is 0.764. The first kappa shape index (κ1) is 20.7. The maximum absolute atomic E-state index is 12.3. The zero-order chi connectivity index (χ0) is 20.8. The van der Waals surface area contributed by atoms with Gasteiger partial charge in [-0.05, 0) is 25.7 Å². The third-order valence-electron chi connectivity index (χ3n) is 4.75. The van der Waals surface area contributed by atoms with Crippen LogP contribution >= 0.6 is 0 Å². The molecule has 1 aliphatic rings. The van der Waals surface area contributed by atoms with E-state index in [1.54, 1.807) is 38.5 Å². The smallest absolute Gasteiger partial charge is 0.262 e. The fourth-order valence-electron chi connectivity index (χ4n) is 3.33. The standard InChI is InChI=1S/C21H28N4O4/c1-14-6-5-7-25(12-14)21-22-15(2)8-20(24-21)29-13-19(26)23-16-9-17(27-3)11-18(10-16)28-4/h8-11,14H,5-7,12-13H2,1-4H3,(H,23,26)/t14-/m0/s1. The number of ether oxygens (including phenoxy) is 3. The van der Waals surface area contributed by atoms with Crippen molar-refractivity contribution in [1.29, 1.82) is 0 Å². The number of aryl methyl sites for hydroxylation is 1. The van der Waals surface area contributed by atoms with Gasteiger partial charge in [-0.1, -0.05) is 6.92 Å². The molecule has 3 rings (SSSR count). The number of nitrogens with zero attached hydrogens (tertiary/aromatic N) is 3. The summed E-state index contributed by atoms with van der Waals surface area (Å²) in [5.74, 6) is 2.54. The monoisotopic (exact) mass is 400 g/mol. The van der Waals surface area contributed by atoms with E-state index in [0.29, 0.717) is 34.9 Å². The summed E-state index contributed by atoms with van der Waals surface area (Å²) in [6.45, 7) is 5.84. The van der Waals surface area contributed by atoms with Crippen molar-refractivity contribution in [1.82, 2.24) is 9.97 Å². The van der Waals surface area contributed by atoms with E-state index in [4.69, 9.17) is 14.2 Å². The van der Waals surface area contributed by atoms with Crippen LogP contribution in [0.4, 0.5) is 11.6 Å². The molecule has 156 valence electrons. The minimum Gasteiger partial charge on any atom is -0.497 e. The second-order valence-electron chi connectivity index (χ2n) is 7.28. The molecule has 1 atom stereocenters. The molecule has 1 fully saturated rings. The molecule has 2 heterocycles. The van der Waals surface area contributed by atoms with Crippen LogP contribution in [0.15, 0.2) is 24.3 Å². The van der Waals surface area contributed by atoms with Gasteiger partial charge >= 0.3 is 0 Å². The minimum absolute atomic E-state index is 0.161. The summed E-state index contributed by atoms with van der Waals surface area (Å²) in [7, 11) is 3.11. The third kappa shape index (κ3) is 5.73. The SMILES string of the molecule is COc1cc(NC(=O)COc2cc(C)nc(N3CCC[C@H](C)C3)n2)cc(OC)c1. The number of methoxy groups -OCH3 is 2. The molecule has 2 aromatic rings. The van der Waals surface area contributed by atoms with Gasteiger partial charge in [0.2, 0.25) is 11.8 Å². The Morgan fingerprint density at radius 1 is 1.17 bits per heavy atom. The molecule has 0 spiro atoms. The van der Waals surface area contributed by atoms with Gasteiger partial charge in [-0.15, -0.1) is 0 Å². The number of nitrogens with one attached hydrogen (secondary N) is 1. The first-order valence-electron chi connectivity index (χ1n) is 9.73. The lowest BCUT2D eigenvalue weighted by Crippen LogP contribution is -2.35.